The van der Waals surface area contributed by atoms with Gasteiger partial charge in [0.25, 0.3) is 0 Å². The lowest BCUT2D eigenvalue weighted by Crippen LogP contribution is -2.20. The van der Waals surface area contributed by atoms with E-state index in [1.165, 1.54) is 0 Å². The van der Waals surface area contributed by atoms with Crippen molar-refractivity contribution in [3.63, 3.8) is 0 Å². The summed E-state index contributed by atoms with van der Waals surface area (Å²) in [5.74, 6) is -0.285. The van der Waals surface area contributed by atoms with Crippen LogP contribution in [0.2, 0.25) is 0 Å². The molecule has 0 radical (unpaired) electrons. The van der Waals surface area contributed by atoms with Crippen molar-refractivity contribution in [2.45, 2.75) is 65.1 Å². The zero-order valence-corrected chi connectivity index (χ0v) is 9.45. The van der Waals surface area contributed by atoms with Crippen molar-refractivity contribution < 1.29 is 14.6 Å². The minimum absolute atomic E-state index is 0.0265. The Morgan fingerprint density at radius 3 is 2.36 bits per heavy atom. The molecule has 0 unspecified atom stereocenters. The molecule has 0 saturated carbocycles. The number of hydrogen-bond donors (Lipinski definition) is 1. The molecule has 3 heteroatoms. The summed E-state index contributed by atoms with van der Waals surface area (Å²) >= 11 is 0. The second kappa shape index (κ2) is 7.80. The lowest BCUT2D eigenvalue weighted by Gasteiger charge is -2.14. The summed E-state index contributed by atoms with van der Waals surface area (Å²) < 4.78 is 5.11. The number of aliphatic hydroxyl groups is 1. The van der Waals surface area contributed by atoms with Crippen LogP contribution in [0.5, 0.6) is 0 Å². The van der Waals surface area contributed by atoms with Crippen LogP contribution in [-0.4, -0.2) is 23.3 Å². The van der Waals surface area contributed by atoms with Gasteiger partial charge in [0.1, 0.15) is 0 Å². The van der Waals surface area contributed by atoms with E-state index in [1.54, 1.807) is 0 Å². The van der Waals surface area contributed by atoms with Crippen LogP contribution < -0.4 is 0 Å². The van der Waals surface area contributed by atoms with Gasteiger partial charge in [-0.2, -0.15) is 0 Å². The third kappa shape index (κ3) is 6.89. The van der Waals surface area contributed by atoms with Gasteiger partial charge in [-0.1, -0.05) is 26.7 Å². The van der Waals surface area contributed by atoms with Crippen LogP contribution in [0.15, 0.2) is 0 Å². The Bertz CT molecular complexity index is 141. The predicted octanol–water partition coefficient (Wildman–Crippen LogP) is 2.27. The van der Waals surface area contributed by atoms with Crippen molar-refractivity contribution in [2.75, 3.05) is 0 Å². The van der Waals surface area contributed by atoms with Gasteiger partial charge in [0.15, 0.2) is 0 Å². The van der Waals surface area contributed by atoms with Crippen molar-refractivity contribution in [1.29, 1.82) is 0 Å². The average molecular weight is 202 g/mol. The minimum atomic E-state index is -0.540. The first kappa shape index (κ1) is 13.4. The van der Waals surface area contributed by atoms with Gasteiger partial charge in [-0.3, -0.25) is 4.79 Å². The van der Waals surface area contributed by atoms with Crippen LogP contribution in [0.4, 0.5) is 0 Å². The molecule has 0 aliphatic carbocycles. The van der Waals surface area contributed by atoms with Crippen LogP contribution in [0.25, 0.3) is 0 Å². The quantitative estimate of drug-likeness (QED) is 0.644. The van der Waals surface area contributed by atoms with Crippen LogP contribution in [0.3, 0.4) is 0 Å². The Kier molecular flexibility index (Phi) is 7.48. The predicted molar refractivity (Wildman–Crippen MR) is 56.0 cm³/mol. The van der Waals surface area contributed by atoms with E-state index >= 15 is 0 Å². The molecule has 0 heterocycles. The summed E-state index contributed by atoms with van der Waals surface area (Å²) in [6, 6.07) is 0. The van der Waals surface area contributed by atoms with Gasteiger partial charge in [-0.25, -0.2) is 0 Å². The van der Waals surface area contributed by atoms with E-state index in [9.17, 15) is 9.90 Å². The Labute approximate surface area is 86.5 Å². The second-order valence-corrected chi connectivity index (χ2v) is 3.74. The number of rotatable bonds is 7. The third-order valence-electron chi connectivity index (χ3n) is 2.05. The highest BCUT2D eigenvalue weighted by Crippen LogP contribution is 2.06. The van der Waals surface area contributed by atoms with Crippen LogP contribution in [-0.2, 0) is 9.53 Å². The van der Waals surface area contributed by atoms with Crippen LogP contribution >= 0.6 is 0 Å². The van der Waals surface area contributed by atoms with E-state index in [0.717, 1.165) is 19.3 Å². The maximum absolute atomic E-state index is 11.2. The maximum Gasteiger partial charge on any atom is 0.308 e. The summed E-state index contributed by atoms with van der Waals surface area (Å²) in [6.45, 7) is 5.91. The van der Waals surface area contributed by atoms with Crippen LogP contribution in [0, 0.1) is 0 Å². The SMILES string of the molecule is CCC[C@H](O)CC(=O)O[C@H](C)CCC. The number of carbonyl (C=O) groups is 1. The van der Waals surface area contributed by atoms with Gasteiger partial charge < -0.3 is 9.84 Å². The molecule has 0 bridgehead atoms. The molecule has 0 aromatic rings. The molecule has 3 nitrogen and oxygen atoms in total. The minimum Gasteiger partial charge on any atom is -0.463 e. The van der Waals surface area contributed by atoms with Gasteiger partial charge in [0.2, 0.25) is 0 Å². The van der Waals surface area contributed by atoms with Gasteiger partial charge in [0.05, 0.1) is 18.6 Å². The molecular formula is C11H22O3. The van der Waals surface area contributed by atoms with Crippen molar-refractivity contribution in [2.24, 2.45) is 0 Å². The second-order valence-electron chi connectivity index (χ2n) is 3.74. The zero-order chi connectivity index (χ0) is 11.0. The van der Waals surface area contributed by atoms with E-state index in [1.807, 2.05) is 13.8 Å². The largest absolute Gasteiger partial charge is 0.463 e. The number of hydrogen-bond acceptors (Lipinski definition) is 3. The highest BCUT2D eigenvalue weighted by Gasteiger charge is 2.13. The molecule has 84 valence electrons. The summed E-state index contributed by atoms with van der Waals surface area (Å²) in [4.78, 5) is 11.2. The zero-order valence-electron chi connectivity index (χ0n) is 9.45. The number of carbonyl (C=O) groups excluding carboxylic acids is 1. The van der Waals surface area contributed by atoms with E-state index in [-0.39, 0.29) is 18.5 Å². The normalized spacial score (nSPS) is 14.9. The Morgan fingerprint density at radius 2 is 1.86 bits per heavy atom. The topological polar surface area (TPSA) is 46.5 Å². The first-order valence-electron chi connectivity index (χ1n) is 5.47. The molecule has 14 heavy (non-hydrogen) atoms. The number of esters is 1. The van der Waals surface area contributed by atoms with Crippen molar-refractivity contribution >= 4 is 5.97 Å². The first-order chi connectivity index (χ1) is 6.60. The molecule has 0 aromatic carbocycles. The maximum atomic E-state index is 11.2. The van der Waals surface area contributed by atoms with E-state index in [2.05, 4.69) is 6.92 Å². The molecule has 0 aliphatic heterocycles. The van der Waals surface area contributed by atoms with Gasteiger partial charge >= 0.3 is 5.97 Å². The standard InChI is InChI=1S/C11H22O3/c1-4-6-9(3)14-11(13)8-10(12)7-5-2/h9-10,12H,4-8H2,1-3H3/t9-,10+/m1/s1. The molecule has 0 amide bonds. The molecule has 0 spiro atoms. The Morgan fingerprint density at radius 1 is 1.29 bits per heavy atom. The third-order valence-corrected chi connectivity index (χ3v) is 2.05. The van der Waals surface area contributed by atoms with Gasteiger partial charge in [-0.05, 0) is 19.8 Å². The fraction of sp³-hybridized carbons (Fsp3) is 0.909. The highest BCUT2D eigenvalue weighted by atomic mass is 16.5. The lowest BCUT2D eigenvalue weighted by atomic mass is 10.1. The molecule has 0 rings (SSSR count). The monoisotopic (exact) mass is 202 g/mol. The fourth-order valence-electron chi connectivity index (χ4n) is 1.37. The molecule has 0 aromatic heterocycles. The number of aliphatic hydroxyl groups excluding tert-OH is 1. The highest BCUT2D eigenvalue weighted by molar-refractivity contribution is 5.70. The number of ether oxygens (including phenoxy) is 1. The lowest BCUT2D eigenvalue weighted by molar-refractivity contribution is -0.150. The molecule has 0 saturated heterocycles. The van der Waals surface area contributed by atoms with Gasteiger partial charge in [-0.15, -0.1) is 0 Å². The first-order valence-corrected chi connectivity index (χ1v) is 5.47. The van der Waals surface area contributed by atoms with E-state index in [4.69, 9.17) is 4.74 Å². The summed E-state index contributed by atoms with van der Waals surface area (Å²) in [7, 11) is 0. The van der Waals surface area contributed by atoms with Crippen molar-refractivity contribution in [1.82, 2.24) is 0 Å². The van der Waals surface area contributed by atoms with Crippen molar-refractivity contribution in [3.8, 4) is 0 Å². The summed E-state index contributed by atoms with van der Waals surface area (Å²) in [5, 5.41) is 9.36. The van der Waals surface area contributed by atoms with E-state index in [0.29, 0.717) is 6.42 Å². The van der Waals surface area contributed by atoms with Crippen molar-refractivity contribution in [3.05, 3.63) is 0 Å². The Balaban J connectivity index is 3.63. The van der Waals surface area contributed by atoms with Gasteiger partial charge in [0, 0.05) is 0 Å². The average Bonchev–Trinajstić information content (AvgIpc) is 2.03. The molecule has 0 aliphatic rings. The van der Waals surface area contributed by atoms with Crippen LogP contribution in [0.1, 0.15) is 52.9 Å². The summed E-state index contributed by atoms with van der Waals surface area (Å²) in [6.07, 6.45) is 3.00. The molecule has 1 N–H and O–H groups in total. The molecule has 2 atom stereocenters. The Hall–Kier alpha value is -0.570. The summed E-state index contributed by atoms with van der Waals surface area (Å²) in [5.41, 5.74) is 0. The fourth-order valence-corrected chi connectivity index (χ4v) is 1.37. The smallest absolute Gasteiger partial charge is 0.308 e. The molecule has 0 fully saturated rings. The molecular weight excluding hydrogens is 180 g/mol. The van der Waals surface area contributed by atoms with E-state index < -0.39 is 6.10 Å².